The molecule has 0 saturated heterocycles. The summed E-state index contributed by atoms with van der Waals surface area (Å²) >= 11 is 1.85. The first-order valence-corrected chi connectivity index (χ1v) is 6.77. The minimum atomic E-state index is 0.0921. The Kier molecular flexibility index (Phi) is 4.24. The van der Waals surface area contributed by atoms with Crippen LogP contribution in [0.3, 0.4) is 0 Å². The summed E-state index contributed by atoms with van der Waals surface area (Å²) in [6.45, 7) is 2.03. The molecule has 0 amide bonds. The summed E-state index contributed by atoms with van der Waals surface area (Å²) in [7, 11) is 0. The van der Waals surface area contributed by atoms with E-state index in [1.54, 1.807) is 0 Å². The molecular formula is C15H17NS. The summed E-state index contributed by atoms with van der Waals surface area (Å²) in [5.74, 6) is 0.991. The van der Waals surface area contributed by atoms with Gasteiger partial charge in [0.1, 0.15) is 0 Å². The predicted octanol–water partition coefficient (Wildman–Crippen LogP) is 4.00. The molecule has 0 bridgehead atoms. The van der Waals surface area contributed by atoms with Crippen LogP contribution < -0.4 is 5.73 Å². The van der Waals surface area contributed by atoms with Gasteiger partial charge in [-0.15, -0.1) is 11.8 Å². The van der Waals surface area contributed by atoms with Gasteiger partial charge in [-0.2, -0.15) is 0 Å². The quantitative estimate of drug-likeness (QED) is 0.821. The summed E-state index contributed by atoms with van der Waals surface area (Å²) < 4.78 is 0. The van der Waals surface area contributed by atoms with Crippen LogP contribution in [0.15, 0.2) is 59.5 Å². The number of rotatable bonds is 4. The molecule has 0 saturated carbocycles. The fourth-order valence-electron chi connectivity index (χ4n) is 1.72. The molecule has 0 spiro atoms. The number of nitrogens with two attached hydrogens (primary N) is 1. The van der Waals surface area contributed by atoms with Crippen LogP contribution >= 0.6 is 11.8 Å². The van der Waals surface area contributed by atoms with Crippen molar-refractivity contribution in [3.63, 3.8) is 0 Å². The van der Waals surface area contributed by atoms with Crippen LogP contribution in [0.5, 0.6) is 0 Å². The first-order chi connectivity index (χ1) is 8.27. The molecule has 0 unspecified atom stereocenters. The second kappa shape index (κ2) is 5.89. The topological polar surface area (TPSA) is 26.0 Å². The Morgan fingerprint density at radius 2 is 1.65 bits per heavy atom. The minimum Gasteiger partial charge on any atom is -0.324 e. The van der Waals surface area contributed by atoms with Gasteiger partial charge in [-0.3, -0.25) is 0 Å². The van der Waals surface area contributed by atoms with E-state index >= 15 is 0 Å². The fraction of sp³-hybridized carbons (Fsp3) is 0.200. The van der Waals surface area contributed by atoms with Crippen LogP contribution in [0.25, 0.3) is 0 Å². The fourth-order valence-corrected chi connectivity index (χ4v) is 2.83. The lowest BCUT2D eigenvalue weighted by atomic mass is 10.1. The maximum absolute atomic E-state index is 5.97. The van der Waals surface area contributed by atoms with Crippen molar-refractivity contribution in [3.05, 3.63) is 65.7 Å². The van der Waals surface area contributed by atoms with Gasteiger partial charge in [0, 0.05) is 16.7 Å². The van der Waals surface area contributed by atoms with E-state index in [1.807, 2.05) is 30.8 Å². The predicted molar refractivity (Wildman–Crippen MR) is 75.0 cm³/mol. The summed E-state index contributed by atoms with van der Waals surface area (Å²) in [4.78, 5) is 1.28. The summed E-state index contributed by atoms with van der Waals surface area (Å²) in [5, 5.41) is 0. The van der Waals surface area contributed by atoms with Crippen molar-refractivity contribution in [3.8, 4) is 0 Å². The third-order valence-electron chi connectivity index (χ3n) is 2.65. The van der Waals surface area contributed by atoms with Crippen LogP contribution in [0.4, 0.5) is 0 Å². The Morgan fingerprint density at radius 3 is 2.35 bits per heavy atom. The minimum absolute atomic E-state index is 0.0921. The molecule has 0 radical (unpaired) electrons. The highest BCUT2D eigenvalue weighted by Crippen LogP contribution is 2.28. The zero-order valence-electron chi connectivity index (χ0n) is 9.97. The molecule has 17 heavy (non-hydrogen) atoms. The van der Waals surface area contributed by atoms with Crippen LogP contribution in [0, 0.1) is 0 Å². The van der Waals surface area contributed by atoms with Gasteiger partial charge >= 0.3 is 0 Å². The first-order valence-electron chi connectivity index (χ1n) is 5.78. The highest BCUT2D eigenvalue weighted by atomic mass is 32.2. The Bertz CT molecular complexity index is 465. The zero-order chi connectivity index (χ0) is 12.1. The Hall–Kier alpha value is -1.25. The van der Waals surface area contributed by atoms with Crippen molar-refractivity contribution in [1.29, 1.82) is 0 Å². The second-order valence-corrected chi connectivity index (χ2v) is 5.12. The largest absolute Gasteiger partial charge is 0.324 e. The first kappa shape index (κ1) is 12.2. The lowest BCUT2D eigenvalue weighted by molar-refractivity contribution is 0.797. The Labute approximate surface area is 107 Å². The van der Waals surface area contributed by atoms with Gasteiger partial charge in [-0.05, 0) is 24.1 Å². The molecule has 1 nitrogen and oxygen atoms in total. The molecular weight excluding hydrogens is 226 g/mol. The molecule has 0 aliphatic rings. The molecule has 2 aromatic carbocycles. The van der Waals surface area contributed by atoms with Crippen LogP contribution in [-0.4, -0.2) is 0 Å². The summed E-state index contributed by atoms with van der Waals surface area (Å²) in [6.07, 6.45) is 0. The van der Waals surface area contributed by atoms with E-state index in [2.05, 4.69) is 42.5 Å². The maximum Gasteiger partial charge on any atom is 0.0277 e. The maximum atomic E-state index is 5.97. The van der Waals surface area contributed by atoms with E-state index < -0.39 is 0 Å². The van der Waals surface area contributed by atoms with E-state index in [-0.39, 0.29) is 6.04 Å². The molecule has 2 heteroatoms. The van der Waals surface area contributed by atoms with Gasteiger partial charge in [0.2, 0.25) is 0 Å². The number of thioether (sulfide) groups is 1. The molecule has 1 atom stereocenters. The van der Waals surface area contributed by atoms with Gasteiger partial charge in [0.15, 0.2) is 0 Å². The lowest BCUT2D eigenvalue weighted by Gasteiger charge is -2.11. The molecule has 88 valence electrons. The third kappa shape index (κ3) is 3.35. The Morgan fingerprint density at radius 1 is 1.00 bits per heavy atom. The highest BCUT2D eigenvalue weighted by Gasteiger charge is 2.06. The normalized spacial score (nSPS) is 12.4. The van der Waals surface area contributed by atoms with E-state index in [1.165, 1.54) is 16.0 Å². The van der Waals surface area contributed by atoms with Crippen LogP contribution in [0.2, 0.25) is 0 Å². The molecule has 0 aliphatic carbocycles. The van der Waals surface area contributed by atoms with Crippen molar-refractivity contribution in [2.45, 2.75) is 23.6 Å². The van der Waals surface area contributed by atoms with Crippen molar-refractivity contribution < 1.29 is 0 Å². The van der Waals surface area contributed by atoms with E-state index in [4.69, 9.17) is 5.73 Å². The smallest absolute Gasteiger partial charge is 0.0277 e. The standard InChI is InChI=1S/C15H17NS/c1-12(16)14-9-5-6-10-15(14)17-11-13-7-3-2-4-8-13/h2-10,12H,11,16H2,1H3/t12-/m0/s1. The van der Waals surface area contributed by atoms with E-state index in [0.29, 0.717) is 0 Å². The van der Waals surface area contributed by atoms with E-state index in [0.717, 1.165) is 5.75 Å². The van der Waals surface area contributed by atoms with Crippen molar-refractivity contribution in [1.82, 2.24) is 0 Å². The molecule has 0 fully saturated rings. The SMILES string of the molecule is C[C@H](N)c1ccccc1SCc1ccccc1. The van der Waals surface area contributed by atoms with Crippen molar-refractivity contribution in [2.75, 3.05) is 0 Å². The van der Waals surface area contributed by atoms with Crippen LogP contribution in [0.1, 0.15) is 24.1 Å². The number of hydrogen-bond donors (Lipinski definition) is 1. The van der Waals surface area contributed by atoms with Gasteiger partial charge in [-0.25, -0.2) is 0 Å². The van der Waals surface area contributed by atoms with Gasteiger partial charge < -0.3 is 5.73 Å². The van der Waals surface area contributed by atoms with Crippen molar-refractivity contribution in [2.24, 2.45) is 5.73 Å². The number of benzene rings is 2. The number of hydrogen-bond acceptors (Lipinski definition) is 2. The highest BCUT2D eigenvalue weighted by molar-refractivity contribution is 7.98. The summed E-state index contributed by atoms with van der Waals surface area (Å²) in [6, 6.07) is 19.0. The lowest BCUT2D eigenvalue weighted by Crippen LogP contribution is -2.06. The van der Waals surface area contributed by atoms with E-state index in [9.17, 15) is 0 Å². The molecule has 2 aromatic rings. The second-order valence-electron chi connectivity index (χ2n) is 4.10. The molecule has 2 N–H and O–H groups in total. The van der Waals surface area contributed by atoms with Gasteiger partial charge in [-0.1, -0.05) is 48.5 Å². The summed E-state index contributed by atoms with van der Waals surface area (Å²) in [5.41, 5.74) is 8.54. The monoisotopic (exact) mass is 243 g/mol. The van der Waals surface area contributed by atoms with Crippen molar-refractivity contribution >= 4 is 11.8 Å². The average molecular weight is 243 g/mol. The molecule has 0 heterocycles. The zero-order valence-corrected chi connectivity index (χ0v) is 10.8. The molecule has 0 aromatic heterocycles. The van der Waals surface area contributed by atoms with Crippen LogP contribution in [-0.2, 0) is 5.75 Å². The Balaban J connectivity index is 2.09. The van der Waals surface area contributed by atoms with Gasteiger partial charge in [0.05, 0.1) is 0 Å². The average Bonchev–Trinajstić information content (AvgIpc) is 2.38. The molecule has 0 aliphatic heterocycles. The molecule has 2 rings (SSSR count). The van der Waals surface area contributed by atoms with Gasteiger partial charge in [0.25, 0.3) is 0 Å². The third-order valence-corrected chi connectivity index (χ3v) is 3.81.